The largest absolute Gasteiger partial charge is 0.477 e. The van der Waals surface area contributed by atoms with Crippen molar-refractivity contribution in [2.24, 2.45) is 0 Å². The first kappa shape index (κ1) is 15.5. The van der Waals surface area contributed by atoms with E-state index in [0.717, 1.165) is 11.3 Å². The van der Waals surface area contributed by atoms with Gasteiger partial charge in [-0.3, -0.25) is 9.89 Å². The number of carbonyl (C=O) groups is 1. The van der Waals surface area contributed by atoms with Crippen molar-refractivity contribution >= 4 is 5.91 Å². The highest BCUT2D eigenvalue weighted by Crippen LogP contribution is 2.28. The summed E-state index contributed by atoms with van der Waals surface area (Å²) >= 11 is 0. The third-order valence-corrected chi connectivity index (χ3v) is 3.87. The van der Waals surface area contributed by atoms with Crippen LogP contribution in [-0.2, 0) is 4.74 Å². The third kappa shape index (κ3) is 3.05. The fourth-order valence-electron chi connectivity index (χ4n) is 2.74. The molecule has 7 heteroatoms. The summed E-state index contributed by atoms with van der Waals surface area (Å²) in [4.78, 5) is 19.0. The van der Waals surface area contributed by atoms with Gasteiger partial charge in [-0.1, -0.05) is 0 Å². The molecule has 0 aromatic carbocycles. The predicted octanol–water partition coefficient (Wildman–Crippen LogP) is 1.73. The van der Waals surface area contributed by atoms with Crippen molar-refractivity contribution in [1.29, 1.82) is 0 Å². The molecule has 1 saturated heterocycles. The number of aryl methyl sites for hydroxylation is 1. The summed E-state index contributed by atoms with van der Waals surface area (Å²) in [6.07, 6.45) is 3.37. The van der Waals surface area contributed by atoms with E-state index in [2.05, 4.69) is 15.2 Å². The molecule has 2 aromatic rings. The number of ether oxygens (including phenoxy) is 2. The van der Waals surface area contributed by atoms with E-state index in [0.29, 0.717) is 37.8 Å². The maximum Gasteiger partial charge on any atom is 0.260 e. The van der Waals surface area contributed by atoms with Crippen LogP contribution < -0.4 is 4.74 Å². The normalized spacial score (nSPS) is 18.0. The first-order valence-electron chi connectivity index (χ1n) is 7.68. The number of aromatic amines is 1. The molecule has 3 rings (SSSR count). The molecule has 0 unspecified atom stereocenters. The van der Waals surface area contributed by atoms with Gasteiger partial charge in [0.2, 0.25) is 5.88 Å². The fourth-order valence-corrected chi connectivity index (χ4v) is 2.74. The molecule has 23 heavy (non-hydrogen) atoms. The monoisotopic (exact) mass is 316 g/mol. The Hall–Kier alpha value is -2.41. The molecule has 7 nitrogen and oxygen atoms in total. The van der Waals surface area contributed by atoms with Crippen LogP contribution in [-0.4, -0.2) is 52.4 Å². The van der Waals surface area contributed by atoms with Gasteiger partial charge in [0.05, 0.1) is 37.8 Å². The number of carbonyl (C=O) groups excluding carboxylic acids is 1. The van der Waals surface area contributed by atoms with Gasteiger partial charge in [-0.05, 0) is 31.5 Å². The van der Waals surface area contributed by atoms with E-state index in [-0.39, 0.29) is 11.9 Å². The van der Waals surface area contributed by atoms with Gasteiger partial charge in [0.25, 0.3) is 5.91 Å². The molecule has 122 valence electrons. The average molecular weight is 316 g/mol. The highest BCUT2D eigenvalue weighted by atomic mass is 16.5. The maximum absolute atomic E-state index is 13.0. The Morgan fingerprint density at radius 3 is 3.17 bits per heavy atom. The van der Waals surface area contributed by atoms with E-state index in [4.69, 9.17) is 9.47 Å². The van der Waals surface area contributed by atoms with Crippen molar-refractivity contribution in [3.8, 4) is 5.88 Å². The highest BCUT2D eigenvalue weighted by molar-refractivity contribution is 5.96. The van der Waals surface area contributed by atoms with Gasteiger partial charge in [-0.25, -0.2) is 4.98 Å². The van der Waals surface area contributed by atoms with Gasteiger partial charge >= 0.3 is 0 Å². The first-order valence-corrected chi connectivity index (χ1v) is 7.68. The Balaban J connectivity index is 1.92. The van der Waals surface area contributed by atoms with Crippen LogP contribution >= 0.6 is 0 Å². The number of amides is 1. The number of hydrogen-bond acceptors (Lipinski definition) is 5. The molecule has 2 aromatic heterocycles. The van der Waals surface area contributed by atoms with Crippen molar-refractivity contribution in [1.82, 2.24) is 20.1 Å². The van der Waals surface area contributed by atoms with Crippen LogP contribution in [0.5, 0.6) is 5.88 Å². The van der Waals surface area contributed by atoms with E-state index >= 15 is 0 Å². The second-order valence-corrected chi connectivity index (χ2v) is 5.35. The van der Waals surface area contributed by atoms with Gasteiger partial charge in [0.15, 0.2) is 0 Å². The minimum atomic E-state index is -0.187. The van der Waals surface area contributed by atoms with Crippen molar-refractivity contribution in [2.45, 2.75) is 19.9 Å². The lowest BCUT2D eigenvalue weighted by Crippen LogP contribution is -2.44. The lowest BCUT2D eigenvalue weighted by molar-refractivity contribution is -0.00428. The molecule has 1 atom stereocenters. The van der Waals surface area contributed by atoms with Gasteiger partial charge in [-0.2, -0.15) is 5.10 Å². The fraction of sp³-hybridized carbons (Fsp3) is 0.438. The Bertz CT molecular complexity index is 685. The molecule has 1 fully saturated rings. The molecular weight excluding hydrogens is 296 g/mol. The Kier molecular flexibility index (Phi) is 4.57. The Labute approximate surface area is 134 Å². The molecule has 0 radical (unpaired) electrons. The minimum Gasteiger partial charge on any atom is -0.477 e. The van der Waals surface area contributed by atoms with Gasteiger partial charge in [0.1, 0.15) is 5.56 Å². The zero-order valence-corrected chi connectivity index (χ0v) is 13.3. The summed E-state index contributed by atoms with van der Waals surface area (Å²) in [5.74, 6) is 0.260. The lowest BCUT2D eigenvalue weighted by Gasteiger charge is -2.35. The number of aromatic nitrogens is 3. The number of nitrogens with zero attached hydrogens (tertiary/aromatic N) is 3. The lowest BCUT2D eigenvalue weighted by atomic mass is 10.1. The third-order valence-electron chi connectivity index (χ3n) is 3.87. The van der Waals surface area contributed by atoms with E-state index in [1.807, 2.05) is 13.8 Å². The van der Waals surface area contributed by atoms with E-state index < -0.39 is 0 Å². The molecule has 0 aliphatic carbocycles. The van der Waals surface area contributed by atoms with Crippen LogP contribution in [0.15, 0.2) is 24.5 Å². The summed E-state index contributed by atoms with van der Waals surface area (Å²) < 4.78 is 11.1. The smallest absolute Gasteiger partial charge is 0.260 e. The van der Waals surface area contributed by atoms with Crippen molar-refractivity contribution < 1.29 is 14.3 Å². The molecule has 3 heterocycles. The molecule has 1 aliphatic rings. The van der Waals surface area contributed by atoms with Crippen molar-refractivity contribution in [3.63, 3.8) is 0 Å². The zero-order chi connectivity index (χ0) is 16.2. The average Bonchev–Trinajstić information content (AvgIpc) is 3.01. The first-order chi connectivity index (χ1) is 11.2. The molecule has 1 aliphatic heterocycles. The maximum atomic E-state index is 13.0. The van der Waals surface area contributed by atoms with E-state index in [9.17, 15) is 4.79 Å². The summed E-state index contributed by atoms with van der Waals surface area (Å²) in [5, 5.41) is 7.04. The minimum absolute atomic E-state index is 0.108. The number of rotatable bonds is 4. The second kappa shape index (κ2) is 6.78. The summed E-state index contributed by atoms with van der Waals surface area (Å²) in [6.45, 7) is 5.77. The Morgan fingerprint density at radius 1 is 1.57 bits per heavy atom. The predicted molar refractivity (Wildman–Crippen MR) is 83.3 cm³/mol. The highest BCUT2D eigenvalue weighted by Gasteiger charge is 2.32. The van der Waals surface area contributed by atoms with Gasteiger partial charge in [-0.15, -0.1) is 0 Å². The number of pyridine rings is 1. The van der Waals surface area contributed by atoms with Crippen LogP contribution in [0, 0.1) is 6.92 Å². The topological polar surface area (TPSA) is 80.3 Å². The molecule has 1 N–H and O–H groups in total. The molecule has 0 spiro atoms. The van der Waals surface area contributed by atoms with Gasteiger partial charge in [0, 0.05) is 12.7 Å². The van der Waals surface area contributed by atoms with Gasteiger partial charge < -0.3 is 14.4 Å². The van der Waals surface area contributed by atoms with E-state index in [1.165, 1.54) is 0 Å². The number of H-pyrrole nitrogens is 1. The van der Waals surface area contributed by atoms with Crippen molar-refractivity contribution in [3.05, 3.63) is 41.3 Å². The van der Waals surface area contributed by atoms with Crippen LogP contribution in [0.2, 0.25) is 0 Å². The zero-order valence-electron chi connectivity index (χ0n) is 13.3. The van der Waals surface area contributed by atoms with Crippen LogP contribution in [0.4, 0.5) is 0 Å². The molecule has 0 saturated carbocycles. The van der Waals surface area contributed by atoms with Crippen LogP contribution in [0.1, 0.15) is 34.6 Å². The van der Waals surface area contributed by atoms with E-state index in [1.54, 1.807) is 29.4 Å². The van der Waals surface area contributed by atoms with Crippen LogP contribution in [0.25, 0.3) is 0 Å². The SMILES string of the molecule is CCOc1ncccc1C(=O)N1CCOC[C@@H]1c1[nH]ncc1C. The number of nitrogens with one attached hydrogen (secondary N) is 1. The number of hydrogen-bond donors (Lipinski definition) is 1. The Morgan fingerprint density at radius 2 is 2.43 bits per heavy atom. The van der Waals surface area contributed by atoms with Crippen molar-refractivity contribution in [2.75, 3.05) is 26.4 Å². The number of morpholine rings is 1. The molecular formula is C16H20N4O3. The molecule has 0 bridgehead atoms. The summed E-state index contributed by atoms with van der Waals surface area (Å²) in [7, 11) is 0. The standard InChI is InChI=1S/C16H20N4O3/c1-3-23-15-12(5-4-6-17-15)16(21)20-7-8-22-10-13(20)14-11(2)9-18-19-14/h4-6,9,13H,3,7-8,10H2,1-2H3,(H,18,19)/t13-/m1/s1. The second-order valence-electron chi connectivity index (χ2n) is 5.35. The van der Waals surface area contributed by atoms with Crippen LogP contribution in [0.3, 0.4) is 0 Å². The quantitative estimate of drug-likeness (QED) is 0.929. The summed E-state index contributed by atoms with van der Waals surface area (Å²) in [6, 6.07) is 3.30. The summed E-state index contributed by atoms with van der Waals surface area (Å²) in [5.41, 5.74) is 2.38. The molecule has 1 amide bonds.